The molecule has 5 fully saturated rings. The maximum absolute atomic E-state index is 16.2. The number of carbonyl (C=O) groups excluding carboxylic acids is 8. The molecule has 17 atom stereocenters. The minimum atomic E-state index is -4.88. The van der Waals surface area contributed by atoms with E-state index in [4.69, 9.17) is 58.4 Å². The Morgan fingerprint density at radius 1 is 0.701 bits per heavy atom. The number of amides is 8. The summed E-state index contributed by atoms with van der Waals surface area (Å²) in [6.45, 7) is 5.51. The Labute approximate surface area is 681 Å². The summed E-state index contributed by atoms with van der Waals surface area (Å²) >= 11 is 14.2. The Morgan fingerprint density at radius 2 is 1.36 bits per heavy atom. The molecule has 16 rings (SSSR count). The molecular weight excluding hydrogens is 1580 g/mol. The van der Waals surface area contributed by atoms with Crippen LogP contribution in [0.5, 0.6) is 40.2 Å². The lowest BCUT2D eigenvalue weighted by atomic mass is 9.17. The van der Waals surface area contributed by atoms with Crippen LogP contribution >= 0.6 is 23.2 Å². The number of fused-ring (bicyclic) bond motifs is 16. The van der Waals surface area contributed by atoms with Gasteiger partial charge in [-0.3, -0.25) is 38.4 Å². The molecule has 117 heavy (non-hydrogen) atoms. The maximum Gasteiger partial charge on any atom is 0.264 e. The quantitative estimate of drug-likeness (QED) is 0.0363. The molecule has 20 N–H and O–H groups in total. The molecule has 10 aliphatic rings. The Kier molecular flexibility index (Phi) is 23.7. The Hall–Kier alpha value is -9.79. The number of rotatable bonds is 21. The number of ether oxygens (including phenoxy) is 5. The van der Waals surface area contributed by atoms with Gasteiger partial charge in [0.2, 0.25) is 65.1 Å². The van der Waals surface area contributed by atoms with Crippen molar-refractivity contribution in [1.82, 2.24) is 41.9 Å². The second kappa shape index (κ2) is 33.2. The van der Waals surface area contributed by atoms with Crippen LogP contribution in [0.1, 0.15) is 154 Å². The summed E-state index contributed by atoms with van der Waals surface area (Å²) < 4.78 is 61.7. The highest BCUT2D eigenvalue weighted by Gasteiger charge is 2.84. The largest absolute Gasteiger partial charge is 0.508 e. The lowest BCUT2D eigenvalue weighted by Gasteiger charge is -2.88. The van der Waals surface area contributed by atoms with Crippen molar-refractivity contribution < 1.29 is 111 Å². The lowest BCUT2D eigenvalue weighted by Crippen LogP contribution is -2.88. The number of aromatic hydroxyl groups is 1. The van der Waals surface area contributed by atoms with Crippen LogP contribution in [0.4, 0.5) is 0 Å². The minimum absolute atomic E-state index is 0.0364. The topological polar surface area (TPSA) is 527 Å². The summed E-state index contributed by atoms with van der Waals surface area (Å²) in [5.41, 5.74) is 10.2. The third-order valence-corrected chi connectivity index (χ3v) is 26.0. The lowest BCUT2D eigenvalue weighted by molar-refractivity contribution is -0.390. The third-order valence-electron chi connectivity index (χ3n) is 24.0. The van der Waals surface area contributed by atoms with Crippen LogP contribution in [-0.2, 0) is 58.9 Å². The minimum Gasteiger partial charge on any atom is -0.508 e. The first-order chi connectivity index (χ1) is 55.6. The van der Waals surface area contributed by atoms with E-state index in [-0.39, 0.29) is 96.1 Å². The van der Waals surface area contributed by atoms with Crippen LogP contribution in [0, 0.1) is 35.0 Å². The summed E-state index contributed by atoms with van der Waals surface area (Å²) in [6, 6.07) is 7.72. The number of aliphatic hydroxyl groups excluding tert-OH is 5. The number of nitrogens with two attached hydrogens (primary N) is 2. The highest BCUT2D eigenvalue weighted by molar-refractivity contribution is 7.90. The molecule has 6 aromatic carbocycles. The number of sulfonamides is 1. The van der Waals surface area contributed by atoms with E-state index in [2.05, 4.69) is 37.2 Å². The smallest absolute Gasteiger partial charge is 0.264 e. The fraction of sp³-hybridized carbons (Fsp3) is 0.457. The first-order valence-corrected chi connectivity index (χ1v) is 41.0. The van der Waals surface area contributed by atoms with Crippen LogP contribution in [0.3, 0.4) is 0 Å². The van der Waals surface area contributed by atoms with E-state index >= 15 is 19.2 Å². The number of halogens is 2. The van der Waals surface area contributed by atoms with Gasteiger partial charge >= 0.3 is 0 Å². The van der Waals surface area contributed by atoms with E-state index in [1.807, 2.05) is 25.5 Å². The van der Waals surface area contributed by atoms with Gasteiger partial charge < -0.3 is 113 Å². The first kappa shape index (κ1) is 83.7. The van der Waals surface area contributed by atoms with E-state index in [0.29, 0.717) is 30.6 Å². The number of carbonyl (C=O) groups is 8. The number of benzene rings is 6. The zero-order valence-corrected chi connectivity index (χ0v) is 66.1. The van der Waals surface area contributed by atoms with Gasteiger partial charge in [0, 0.05) is 23.7 Å². The van der Waals surface area contributed by atoms with Gasteiger partial charge in [-0.05, 0) is 192 Å². The highest BCUT2D eigenvalue weighted by Crippen LogP contribution is 2.87. The van der Waals surface area contributed by atoms with Crippen LogP contribution in [-0.4, -0.2) is 172 Å². The number of likely N-dealkylation sites (N-methyl/N-ethyl adjacent to an activating group) is 1. The predicted molar refractivity (Wildman–Crippen MR) is 415 cm³/mol. The molecule has 33 nitrogen and oxygen atoms in total. The molecule has 5 aliphatic heterocycles. The Bertz CT molecular complexity index is 5040. The van der Waals surface area contributed by atoms with Crippen molar-refractivity contribution in [2.75, 3.05) is 20.2 Å². The van der Waals surface area contributed by atoms with Crippen LogP contribution < -0.4 is 72.4 Å². The molecule has 0 radical (unpaired) electrons. The summed E-state index contributed by atoms with van der Waals surface area (Å²) in [5, 5.41) is 112. The van der Waals surface area contributed by atoms with Crippen LogP contribution in [0.2, 0.25) is 10.0 Å². The molecule has 1 spiro atoms. The summed E-state index contributed by atoms with van der Waals surface area (Å²) in [4.78, 5) is 120. The monoisotopic (exact) mass is 1670 g/mol. The molecule has 4 saturated carbocycles. The standard InChI is InChI=1S/C81H92Cl2N10O23S/c1-5-6-7-8-19-112-42-12-14-43(15-13-42)117(110,111)93-61(97)31-53-75(104)90-64-38-24-57(72(116-79-71(101)70(100)69(99)59(33-84)115-79)58(25-38)114-56-18-11-37(23-51(56)83)68(98)67(78(107)87-53)92-74(103)52(86-4)20-34(2)3)113-55-17-10-35(22-50(55)82)54(95)32-60(96)88-65(77(106)91-66-48-27-39-26-40-28-49(66)80(39,40)48)45-29-41(94)30-47-62(45)44-21-36(9-16-46(44)81(47,108)109)63(73(85)102)89-76(64)105/h9-18,21-25,29-30,34,39-40,48-49,52-54,59,63-71,79,86,94-95,98-101,108-109H,5-8,19-20,26-28,31-33,84H2,1-4H3,(H2,85,102)(H,87,107)(H,88,96)(H,89,105)(H,90,104)(H,91,106)(H,92,103)(H,93,97). The predicted octanol–water partition coefficient (Wildman–Crippen LogP) is 3.36. The average Bonchev–Trinajstić information content (AvgIpc) is 0.871. The molecule has 36 heteroatoms. The summed E-state index contributed by atoms with van der Waals surface area (Å²) in [5.74, 6) is -14.4. The molecular formula is C81H92Cl2N10O23S. The van der Waals surface area contributed by atoms with Gasteiger partial charge in [-0.25, -0.2) is 13.1 Å². The van der Waals surface area contributed by atoms with E-state index < -0.39 is 201 Å². The second-order valence-corrected chi connectivity index (χ2v) is 34.2. The molecule has 0 aromatic heterocycles. The number of phenolic OH excluding ortho intramolecular Hbond substituents is 1. The SMILES string of the molecule is CCCCCCOc1ccc(S(=O)(=O)NC(=O)CC2NC(=O)C(NC(=O)C(CC(C)C)NC)C(O)c3ccc(c(Cl)c3)Oc3cc4cc(c3OC3OC(CN)C(O)C(O)C3O)Oc3ccc(cc3Cl)C(O)CC(=O)NC(C(=O)NC3C5CC6CC7CC3C675)c3cc(O)cc5c3-c3cc(ccc3C5(O)O)C(C(N)=O)NC(=O)C4NC2=O)cc1. The van der Waals surface area contributed by atoms with Crippen LogP contribution in [0.15, 0.2) is 108 Å². The Balaban J connectivity index is 0.929. The molecule has 9 bridgehead atoms. The van der Waals surface area contributed by atoms with Crippen molar-refractivity contribution in [1.29, 1.82) is 0 Å². The number of phenols is 1. The first-order valence-electron chi connectivity index (χ1n) is 38.7. The fourth-order valence-electron chi connectivity index (χ4n) is 18.1. The molecule has 5 aliphatic carbocycles. The Morgan fingerprint density at radius 3 is 1.98 bits per heavy atom. The molecule has 624 valence electrons. The van der Waals surface area contributed by atoms with Gasteiger partial charge in [0.05, 0.1) is 46.5 Å². The van der Waals surface area contributed by atoms with E-state index in [0.717, 1.165) is 93.1 Å². The van der Waals surface area contributed by atoms with Crippen molar-refractivity contribution in [3.63, 3.8) is 0 Å². The highest BCUT2D eigenvalue weighted by atomic mass is 35.5. The number of aliphatic hydroxyl groups is 7. The number of nitrogens with one attached hydrogen (secondary N) is 8. The number of hydrogen-bond acceptors (Lipinski definition) is 25. The van der Waals surface area contributed by atoms with Gasteiger partial charge in [-0.2, -0.15) is 0 Å². The normalized spacial score (nSPS) is 28.9. The van der Waals surface area contributed by atoms with Crippen molar-refractivity contribution in [2.45, 2.75) is 181 Å². The van der Waals surface area contributed by atoms with Gasteiger partial charge in [0.15, 0.2) is 11.5 Å². The zero-order chi connectivity index (χ0) is 83.8. The summed E-state index contributed by atoms with van der Waals surface area (Å²) in [7, 11) is -3.41. The molecule has 1 saturated heterocycles. The van der Waals surface area contributed by atoms with Crippen molar-refractivity contribution >= 4 is 80.5 Å². The fourth-order valence-corrected chi connectivity index (χ4v) is 19.5. The molecule has 6 aromatic rings. The van der Waals surface area contributed by atoms with Gasteiger partial charge in [-0.15, -0.1) is 0 Å². The number of unbranched alkanes of at least 4 members (excludes halogenated alkanes) is 3. The van der Waals surface area contributed by atoms with Crippen LogP contribution in [0.25, 0.3) is 11.1 Å². The van der Waals surface area contributed by atoms with Crippen molar-refractivity contribution in [3.8, 4) is 51.4 Å². The summed E-state index contributed by atoms with van der Waals surface area (Å²) in [6.07, 6.45) is -8.88. The molecule has 8 amide bonds. The van der Waals surface area contributed by atoms with E-state index in [9.17, 15) is 68.4 Å². The average molecular weight is 1680 g/mol. The van der Waals surface area contributed by atoms with Gasteiger partial charge in [0.1, 0.15) is 83.7 Å². The number of hydrogen-bond donors (Lipinski definition) is 18. The third kappa shape index (κ3) is 15.9. The maximum atomic E-state index is 16.2. The van der Waals surface area contributed by atoms with E-state index in [1.54, 1.807) is 0 Å². The van der Waals surface area contributed by atoms with Gasteiger partial charge in [0.25, 0.3) is 10.0 Å². The second-order valence-electron chi connectivity index (χ2n) is 31.7. The molecule has 17 unspecified atom stereocenters. The van der Waals surface area contributed by atoms with E-state index in [1.165, 1.54) is 55.6 Å². The van der Waals surface area contributed by atoms with Crippen molar-refractivity contribution in [2.24, 2.45) is 46.5 Å². The zero-order valence-electron chi connectivity index (χ0n) is 63.8. The number of primary amides is 1. The van der Waals surface area contributed by atoms with Gasteiger partial charge in [-0.1, -0.05) is 87.5 Å². The molecule has 5 heterocycles. The van der Waals surface area contributed by atoms with Crippen molar-refractivity contribution in [3.05, 3.63) is 152 Å².